The van der Waals surface area contributed by atoms with E-state index >= 15 is 0 Å². The predicted octanol–water partition coefficient (Wildman–Crippen LogP) is 5.62. The van der Waals surface area contributed by atoms with E-state index in [1.165, 1.54) is 0 Å². The molecule has 1 unspecified atom stereocenters. The summed E-state index contributed by atoms with van der Waals surface area (Å²) >= 11 is 0. The van der Waals surface area contributed by atoms with Crippen molar-refractivity contribution in [1.82, 2.24) is 0 Å². The first kappa shape index (κ1) is 24.2. The molecule has 5 rings (SSSR count). The van der Waals surface area contributed by atoms with Crippen molar-refractivity contribution in [3.05, 3.63) is 113 Å². The minimum Gasteiger partial charge on any atom is -0.632 e. The van der Waals surface area contributed by atoms with Gasteiger partial charge in [0.15, 0.2) is 0 Å². The van der Waals surface area contributed by atoms with E-state index in [-0.39, 0.29) is 35.0 Å². The molecule has 184 valence electrons. The Morgan fingerprint density at radius 2 is 1.17 bits per heavy atom. The molecule has 0 radical (unpaired) electrons. The SMILES string of the molecule is C[C@H]1CC[C@@H]2[C@@H](OCc3ccccc3)[C@H](OCc3ccccc3)[C@@H](COCc3ccccc3)[N+]21[O-]. The Morgan fingerprint density at radius 3 is 1.71 bits per heavy atom. The van der Waals surface area contributed by atoms with E-state index in [2.05, 4.69) is 31.2 Å². The smallest absolute Gasteiger partial charge is 0.144 e. The van der Waals surface area contributed by atoms with E-state index in [1.54, 1.807) is 0 Å². The fourth-order valence-corrected chi connectivity index (χ4v) is 5.80. The average molecular weight is 474 g/mol. The third-order valence-electron chi connectivity index (χ3n) is 7.66. The van der Waals surface area contributed by atoms with Gasteiger partial charge in [-0.3, -0.25) is 0 Å². The molecule has 5 nitrogen and oxygen atoms in total. The Kier molecular flexibility index (Phi) is 7.61. The molecular formula is C30H35NO4. The minimum atomic E-state index is -0.333. The molecule has 2 aliphatic heterocycles. The van der Waals surface area contributed by atoms with Crippen molar-refractivity contribution in [2.24, 2.45) is 0 Å². The molecule has 3 aromatic rings. The van der Waals surface area contributed by atoms with Gasteiger partial charge in [0.25, 0.3) is 0 Å². The van der Waals surface area contributed by atoms with Gasteiger partial charge < -0.3 is 24.1 Å². The third kappa shape index (κ3) is 5.20. The molecule has 2 aliphatic rings. The summed E-state index contributed by atoms with van der Waals surface area (Å²) in [5.74, 6) is 0. The van der Waals surface area contributed by atoms with Crippen LogP contribution in [0.3, 0.4) is 0 Å². The monoisotopic (exact) mass is 473 g/mol. The minimum absolute atomic E-state index is 0.00141. The zero-order valence-electron chi connectivity index (χ0n) is 20.4. The maximum absolute atomic E-state index is 14.5. The highest BCUT2D eigenvalue weighted by atomic mass is 16.6. The van der Waals surface area contributed by atoms with Crippen LogP contribution in [-0.2, 0) is 34.0 Å². The van der Waals surface area contributed by atoms with Crippen molar-refractivity contribution >= 4 is 0 Å². The molecule has 35 heavy (non-hydrogen) atoms. The molecule has 0 bridgehead atoms. The molecule has 3 aromatic carbocycles. The van der Waals surface area contributed by atoms with Crippen LogP contribution in [0.15, 0.2) is 91.0 Å². The summed E-state index contributed by atoms with van der Waals surface area (Å²) in [7, 11) is 0. The molecule has 0 aliphatic carbocycles. The second-order valence-corrected chi connectivity index (χ2v) is 9.85. The Labute approximate surface area is 208 Å². The van der Waals surface area contributed by atoms with Crippen LogP contribution in [-0.4, -0.2) is 41.6 Å². The molecule has 5 heteroatoms. The fourth-order valence-electron chi connectivity index (χ4n) is 5.80. The van der Waals surface area contributed by atoms with Gasteiger partial charge in [0.1, 0.15) is 30.9 Å². The van der Waals surface area contributed by atoms with Crippen molar-refractivity contribution in [3.63, 3.8) is 0 Å². The number of ether oxygens (including phenoxy) is 3. The zero-order valence-corrected chi connectivity index (χ0v) is 20.4. The first-order chi connectivity index (χ1) is 17.2. The van der Waals surface area contributed by atoms with Gasteiger partial charge in [0.05, 0.1) is 25.9 Å². The molecule has 6 atom stereocenters. The highest BCUT2D eigenvalue weighted by Gasteiger charge is 2.62. The molecule has 0 N–H and O–H groups in total. The van der Waals surface area contributed by atoms with Gasteiger partial charge in [-0.15, -0.1) is 0 Å². The lowest BCUT2D eigenvalue weighted by atomic mass is 10.0. The van der Waals surface area contributed by atoms with E-state index < -0.39 is 0 Å². The quantitative estimate of drug-likeness (QED) is 0.283. The number of rotatable bonds is 10. The van der Waals surface area contributed by atoms with Gasteiger partial charge in [-0.25, -0.2) is 0 Å². The van der Waals surface area contributed by atoms with Crippen LogP contribution in [0.1, 0.15) is 36.5 Å². The Balaban J connectivity index is 1.37. The van der Waals surface area contributed by atoms with E-state index in [9.17, 15) is 5.21 Å². The van der Waals surface area contributed by atoms with Crippen LogP contribution in [0.25, 0.3) is 0 Å². The van der Waals surface area contributed by atoms with Crippen molar-refractivity contribution in [2.75, 3.05) is 6.61 Å². The molecule has 2 heterocycles. The molecule has 0 aromatic heterocycles. The summed E-state index contributed by atoms with van der Waals surface area (Å²) in [4.78, 5) is 0. The lowest BCUT2D eigenvalue weighted by molar-refractivity contribution is -0.927. The number of fused-ring (bicyclic) bond motifs is 1. The highest BCUT2D eigenvalue weighted by molar-refractivity contribution is 5.15. The molecule has 2 fully saturated rings. The highest BCUT2D eigenvalue weighted by Crippen LogP contribution is 2.47. The second kappa shape index (κ2) is 11.0. The van der Waals surface area contributed by atoms with Gasteiger partial charge in [-0.1, -0.05) is 91.0 Å². The summed E-state index contributed by atoms with van der Waals surface area (Å²) < 4.78 is 18.9. The lowest BCUT2D eigenvalue weighted by Gasteiger charge is -2.48. The van der Waals surface area contributed by atoms with Crippen LogP contribution in [0, 0.1) is 5.21 Å². The second-order valence-electron chi connectivity index (χ2n) is 9.85. The first-order valence-corrected chi connectivity index (χ1v) is 12.7. The number of benzene rings is 3. The Bertz CT molecular complexity index is 1050. The predicted molar refractivity (Wildman–Crippen MR) is 136 cm³/mol. The summed E-state index contributed by atoms with van der Waals surface area (Å²) in [6.45, 7) is 3.83. The van der Waals surface area contributed by atoms with Crippen LogP contribution in [0.2, 0.25) is 0 Å². The van der Waals surface area contributed by atoms with Gasteiger partial charge in [-0.2, -0.15) is 0 Å². The molecule has 0 spiro atoms. The largest absolute Gasteiger partial charge is 0.632 e. The van der Waals surface area contributed by atoms with Crippen molar-refractivity contribution in [3.8, 4) is 0 Å². The zero-order chi connectivity index (χ0) is 24.1. The lowest BCUT2D eigenvalue weighted by Crippen LogP contribution is -2.56. The maximum Gasteiger partial charge on any atom is 0.144 e. The van der Waals surface area contributed by atoms with Crippen LogP contribution in [0.4, 0.5) is 0 Å². The topological polar surface area (TPSA) is 50.8 Å². The van der Waals surface area contributed by atoms with Gasteiger partial charge >= 0.3 is 0 Å². The van der Waals surface area contributed by atoms with Crippen molar-refractivity contribution in [1.29, 1.82) is 0 Å². The van der Waals surface area contributed by atoms with Crippen LogP contribution < -0.4 is 0 Å². The maximum atomic E-state index is 14.5. The van der Waals surface area contributed by atoms with E-state index in [1.807, 2.05) is 66.7 Å². The van der Waals surface area contributed by atoms with Gasteiger partial charge in [-0.05, 0) is 23.6 Å². The number of quaternary nitrogens is 1. The molecule has 0 saturated carbocycles. The van der Waals surface area contributed by atoms with Gasteiger partial charge in [0.2, 0.25) is 0 Å². The van der Waals surface area contributed by atoms with Crippen LogP contribution in [0.5, 0.6) is 0 Å². The molecular weight excluding hydrogens is 438 g/mol. The Morgan fingerprint density at radius 1 is 0.686 bits per heavy atom. The van der Waals surface area contributed by atoms with E-state index in [0.717, 1.165) is 29.5 Å². The number of hydrogen-bond donors (Lipinski definition) is 0. The van der Waals surface area contributed by atoms with E-state index in [4.69, 9.17) is 14.2 Å². The summed E-state index contributed by atoms with van der Waals surface area (Å²) in [6, 6.07) is 29.9. The Hall–Kier alpha value is -2.54. The fraction of sp³-hybridized carbons (Fsp3) is 0.400. The molecule has 0 amide bonds. The van der Waals surface area contributed by atoms with E-state index in [0.29, 0.717) is 26.4 Å². The van der Waals surface area contributed by atoms with Crippen LogP contribution >= 0.6 is 0 Å². The van der Waals surface area contributed by atoms with Gasteiger partial charge in [0, 0.05) is 12.8 Å². The normalized spacial score (nSPS) is 29.8. The number of nitrogens with zero attached hydrogens (tertiary/aromatic N) is 1. The standard InChI is InChI=1S/C30H35NO4/c1-23-17-18-27-29(34-20-25-13-7-3-8-14-25)30(35-21-26-15-9-4-10-16-26)28(31(23,27)32)22-33-19-24-11-5-2-6-12-24/h2-16,23,27-30H,17-22H2,1H3/t23-,27+,28+,29+,30+,31?/m0/s1. The number of hydrogen-bond acceptors (Lipinski definition) is 4. The average Bonchev–Trinajstić information content (AvgIpc) is 3.32. The van der Waals surface area contributed by atoms with Crippen molar-refractivity contribution in [2.45, 2.75) is 69.9 Å². The summed E-state index contributed by atoms with van der Waals surface area (Å²) in [5.41, 5.74) is 3.30. The molecule has 2 saturated heterocycles. The first-order valence-electron chi connectivity index (χ1n) is 12.7. The third-order valence-corrected chi connectivity index (χ3v) is 7.66. The van der Waals surface area contributed by atoms with Crippen molar-refractivity contribution < 1.29 is 18.9 Å². The summed E-state index contributed by atoms with van der Waals surface area (Å²) in [5, 5.41) is 14.5. The number of hydroxylamine groups is 3. The summed E-state index contributed by atoms with van der Waals surface area (Å²) in [6.07, 6.45) is 1.15.